The molecule has 0 radical (unpaired) electrons. The maximum absolute atomic E-state index is 6.15. The second-order valence-electron chi connectivity index (χ2n) is 5.12. The predicted octanol–water partition coefficient (Wildman–Crippen LogP) is 3.26. The van der Waals surface area contributed by atoms with Gasteiger partial charge in [-0.2, -0.15) is 23.5 Å². The molecule has 1 saturated heterocycles. The Balaban J connectivity index is 1.89. The van der Waals surface area contributed by atoms with Crippen LogP contribution in [0.2, 0.25) is 0 Å². The van der Waals surface area contributed by atoms with E-state index in [2.05, 4.69) is 22.5 Å². The summed E-state index contributed by atoms with van der Waals surface area (Å²) in [4.78, 5) is 4.53. The molecule has 21 heavy (non-hydrogen) atoms. The first-order valence-electron chi connectivity index (χ1n) is 7.36. The monoisotopic (exact) mass is 323 g/mol. The highest BCUT2D eigenvalue weighted by Gasteiger charge is 2.19. The summed E-state index contributed by atoms with van der Waals surface area (Å²) in [6.45, 7) is 3.74. The molecule has 3 rings (SSSR count). The van der Waals surface area contributed by atoms with Gasteiger partial charge in [-0.3, -0.25) is 0 Å². The van der Waals surface area contributed by atoms with Gasteiger partial charge in [-0.05, 0) is 18.6 Å². The van der Waals surface area contributed by atoms with Crippen LogP contribution in [0.15, 0.2) is 18.2 Å². The Morgan fingerprint density at radius 1 is 1.43 bits per heavy atom. The van der Waals surface area contributed by atoms with Crippen molar-refractivity contribution in [1.29, 1.82) is 0 Å². The first-order chi connectivity index (χ1) is 10.3. The fourth-order valence-corrected chi connectivity index (χ4v) is 5.16. The molecule has 2 heterocycles. The first kappa shape index (κ1) is 14.9. The number of hydrogen-bond donors (Lipinski definition) is 1. The molecule has 0 spiro atoms. The molecule has 1 unspecified atom stereocenters. The number of benzene rings is 1. The molecule has 114 valence electrons. The number of nitrogen functional groups attached to an aromatic ring is 1. The van der Waals surface area contributed by atoms with E-state index in [1.54, 1.807) is 0 Å². The van der Waals surface area contributed by atoms with Gasteiger partial charge in [-0.15, -0.1) is 0 Å². The zero-order valence-electron chi connectivity index (χ0n) is 12.2. The molecular formula is C15H21N3OS2. The third-order valence-corrected chi connectivity index (χ3v) is 6.33. The molecule has 0 bridgehead atoms. The number of hydrogen-bond acceptors (Lipinski definition) is 5. The minimum Gasteiger partial charge on any atom is -0.491 e. The Morgan fingerprint density at radius 2 is 2.33 bits per heavy atom. The maximum Gasteiger partial charge on any atom is 0.201 e. The number of para-hydroxylation sites is 1. The number of nitrogens with two attached hydrogens (primary N) is 1. The molecule has 1 atom stereocenters. The Bertz CT molecular complexity index is 608. The summed E-state index contributed by atoms with van der Waals surface area (Å²) in [6, 6.07) is 6.08. The largest absolute Gasteiger partial charge is 0.491 e. The fourth-order valence-electron chi connectivity index (χ4n) is 2.51. The zero-order chi connectivity index (χ0) is 14.7. The van der Waals surface area contributed by atoms with Crippen molar-refractivity contribution in [2.45, 2.75) is 25.1 Å². The highest BCUT2D eigenvalue weighted by atomic mass is 32.2. The normalized spacial score (nSPS) is 19.0. The molecule has 1 aromatic heterocycles. The van der Waals surface area contributed by atoms with Crippen molar-refractivity contribution >= 4 is 40.5 Å². The van der Waals surface area contributed by atoms with E-state index in [1.165, 1.54) is 17.3 Å². The molecule has 2 N–H and O–H groups in total. The van der Waals surface area contributed by atoms with Crippen LogP contribution >= 0.6 is 23.5 Å². The number of thioether (sulfide) groups is 2. The lowest BCUT2D eigenvalue weighted by Gasteiger charge is -2.22. The predicted molar refractivity (Wildman–Crippen MR) is 93.5 cm³/mol. The van der Waals surface area contributed by atoms with Gasteiger partial charge in [0, 0.05) is 29.1 Å². The van der Waals surface area contributed by atoms with Crippen LogP contribution in [-0.2, 0) is 6.54 Å². The molecule has 0 amide bonds. The second kappa shape index (κ2) is 6.83. The van der Waals surface area contributed by atoms with Crippen LogP contribution < -0.4 is 10.5 Å². The number of anilines is 1. The van der Waals surface area contributed by atoms with Crippen molar-refractivity contribution in [1.82, 2.24) is 9.55 Å². The SMILES string of the molecule is CCCOc1cccc2c1nc(N)n2CC1CSCCS1. The molecule has 0 aliphatic carbocycles. The van der Waals surface area contributed by atoms with Crippen LogP contribution in [0.4, 0.5) is 5.95 Å². The average Bonchev–Trinajstić information content (AvgIpc) is 2.83. The minimum atomic E-state index is 0.591. The van der Waals surface area contributed by atoms with Gasteiger partial charge in [0.2, 0.25) is 5.95 Å². The van der Waals surface area contributed by atoms with Crippen molar-refractivity contribution < 1.29 is 4.74 Å². The molecule has 1 aliphatic rings. The lowest BCUT2D eigenvalue weighted by atomic mass is 10.3. The smallest absolute Gasteiger partial charge is 0.201 e. The molecule has 1 aromatic carbocycles. The summed E-state index contributed by atoms with van der Waals surface area (Å²) in [5, 5.41) is 0.615. The molecule has 1 fully saturated rings. The average molecular weight is 323 g/mol. The van der Waals surface area contributed by atoms with Gasteiger partial charge in [0.1, 0.15) is 11.3 Å². The van der Waals surface area contributed by atoms with Crippen LogP contribution in [0, 0.1) is 0 Å². The molecular weight excluding hydrogens is 302 g/mol. The second-order valence-corrected chi connectivity index (χ2v) is 7.68. The van der Waals surface area contributed by atoms with E-state index in [-0.39, 0.29) is 0 Å². The van der Waals surface area contributed by atoms with Crippen molar-refractivity contribution in [2.24, 2.45) is 0 Å². The third-order valence-electron chi connectivity index (χ3n) is 3.50. The molecule has 0 saturated carbocycles. The van der Waals surface area contributed by atoms with Gasteiger partial charge in [-0.25, -0.2) is 4.98 Å². The Hall–Kier alpha value is -1.01. The van der Waals surface area contributed by atoms with Gasteiger partial charge in [0.05, 0.1) is 12.1 Å². The van der Waals surface area contributed by atoms with E-state index in [9.17, 15) is 0 Å². The highest BCUT2D eigenvalue weighted by molar-refractivity contribution is 8.06. The first-order valence-corrected chi connectivity index (χ1v) is 9.56. The van der Waals surface area contributed by atoms with Gasteiger partial charge in [-0.1, -0.05) is 13.0 Å². The van der Waals surface area contributed by atoms with Crippen molar-refractivity contribution in [3.05, 3.63) is 18.2 Å². The Kier molecular flexibility index (Phi) is 4.85. The molecule has 2 aromatic rings. The Morgan fingerprint density at radius 3 is 3.10 bits per heavy atom. The van der Waals surface area contributed by atoms with Crippen molar-refractivity contribution in [3.8, 4) is 5.75 Å². The van der Waals surface area contributed by atoms with Gasteiger partial charge in [0.15, 0.2) is 0 Å². The number of rotatable bonds is 5. The van der Waals surface area contributed by atoms with E-state index in [1.807, 2.05) is 35.7 Å². The van der Waals surface area contributed by atoms with E-state index < -0.39 is 0 Å². The summed E-state index contributed by atoms with van der Waals surface area (Å²) in [5.41, 5.74) is 8.12. The van der Waals surface area contributed by atoms with E-state index >= 15 is 0 Å². The van der Waals surface area contributed by atoms with Crippen LogP contribution in [-0.4, -0.2) is 38.7 Å². The zero-order valence-corrected chi connectivity index (χ0v) is 13.9. The van der Waals surface area contributed by atoms with Crippen LogP contribution in [0.5, 0.6) is 5.75 Å². The van der Waals surface area contributed by atoms with E-state index in [4.69, 9.17) is 10.5 Å². The summed E-state index contributed by atoms with van der Waals surface area (Å²) in [5.74, 6) is 5.11. The van der Waals surface area contributed by atoms with Gasteiger partial charge >= 0.3 is 0 Å². The van der Waals surface area contributed by atoms with Crippen LogP contribution in [0.25, 0.3) is 11.0 Å². The number of fused-ring (bicyclic) bond motifs is 1. The fraction of sp³-hybridized carbons (Fsp3) is 0.533. The molecule has 1 aliphatic heterocycles. The lowest BCUT2D eigenvalue weighted by molar-refractivity contribution is 0.320. The van der Waals surface area contributed by atoms with Crippen LogP contribution in [0.3, 0.4) is 0 Å². The number of aromatic nitrogens is 2. The molecule has 6 heteroatoms. The number of ether oxygens (including phenoxy) is 1. The molecule has 4 nitrogen and oxygen atoms in total. The quantitative estimate of drug-likeness (QED) is 0.915. The van der Waals surface area contributed by atoms with Crippen LogP contribution in [0.1, 0.15) is 13.3 Å². The Labute approximate surface area is 133 Å². The van der Waals surface area contributed by atoms with Crippen molar-refractivity contribution in [2.75, 3.05) is 29.6 Å². The summed E-state index contributed by atoms with van der Waals surface area (Å²) < 4.78 is 7.92. The number of imidazole rings is 1. The van der Waals surface area contributed by atoms with Gasteiger partial charge < -0.3 is 15.0 Å². The third kappa shape index (κ3) is 3.26. The maximum atomic E-state index is 6.15. The van der Waals surface area contributed by atoms with E-state index in [0.29, 0.717) is 17.8 Å². The standard InChI is InChI=1S/C15H21N3OS2/c1-2-6-19-13-5-3-4-12-14(13)17-15(16)18(12)9-11-10-20-7-8-21-11/h3-5,11H,2,6-10H2,1H3,(H2,16,17). The minimum absolute atomic E-state index is 0.591. The topological polar surface area (TPSA) is 53.1 Å². The lowest BCUT2D eigenvalue weighted by Crippen LogP contribution is -2.21. The van der Waals surface area contributed by atoms with Gasteiger partial charge in [0.25, 0.3) is 0 Å². The summed E-state index contributed by atoms with van der Waals surface area (Å²) in [7, 11) is 0. The van der Waals surface area contributed by atoms with Crippen molar-refractivity contribution in [3.63, 3.8) is 0 Å². The summed E-state index contributed by atoms with van der Waals surface area (Å²) in [6.07, 6.45) is 0.989. The highest BCUT2D eigenvalue weighted by Crippen LogP contribution is 2.30. The van der Waals surface area contributed by atoms with E-state index in [0.717, 1.165) is 29.7 Å². The number of nitrogens with zero attached hydrogens (tertiary/aromatic N) is 2. The summed E-state index contributed by atoms with van der Waals surface area (Å²) >= 11 is 4.07.